The Labute approximate surface area is 128 Å². The van der Waals surface area contributed by atoms with Gasteiger partial charge in [0.1, 0.15) is 17.2 Å². The summed E-state index contributed by atoms with van der Waals surface area (Å²) < 4.78 is 16.2. The normalized spacial score (nSPS) is 10.0. The van der Waals surface area contributed by atoms with E-state index in [1.807, 2.05) is 0 Å². The van der Waals surface area contributed by atoms with E-state index in [9.17, 15) is 10.1 Å². The zero-order valence-corrected chi connectivity index (χ0v) is 12.8. The Kier molecular flexibility index (Phi) is 4.59. The number of pyridine rings is 1. The minimum absolute atomic E-state index is 0.112. The molecule has 8 heteroatoms. The first-order valence-corrected chi connectivity index (χ1v) is 6.53. The molecule has 0 aliphatic heterocycles. The Morgan fingerprint density at radius 2 is 1.67 bits per heavy atom. The molecule has 21 heavy (non-hydrogen) atoms. The van der Waals surface area contributed by atoms with Crippen LogP contribution in [-0.2, 0) is 0 Å². The predicted molar refractivity (Wildman–Crippen MR) is 78.2 cm³/mol. The van der Waals surface area contributed by atoms with Gasteiger partial charge in [0.2, 0.25) is 0 Å². The average Bonchev–Trinajstić information content (AvgIpc) is 2.48. The van der Waals surface area contributed by atoms with Crippen molar-refractivity contribution in [1.29, 1.82) is 0 Å². The molecule has 0 saturated heterocycles. The van der Waals surface area contributed by atoms with Crippen molar-refractivity contribution in [2.75, 3.05) is 14.2 Å². The van der Waals surface area contributed by atoms with Gasteiger partial charge < -0.3 is 14.2 Å². The fourth-order valence-electron chi connectivity index (χ4n) is 1.58. The number of methoxy groups -OCH3 is 2. The third-order valence-corrected chi connectivity index (χ3v) is 2.97. The highest BCUT2D eigenvalue weighted by molar-refractivity contribution is 9.10. The van der Waals surface area contributed by atoms with Gasteiger partial charge in [-0.25, -0.2) is 4.98 Å². The molecule has 7 nitrogen and oxygen atoms in total. The number of hydrogen-bond acceptors (Lipinski definition) is 6. The van der Waals surface area contributed by atoms with Crippen molar-refractivity contribution in [2.45, 2.75) is 0 Å². The summed E-state index contributed by atoms with van der Waals surface area (Å²) in [5.74, 6) is 1.22. The number of benzene rings is 1. The van der Waals surface area contributed by atoms with E-state index in [1.165, 1.54) is 26.5 Å². The summed E-state index contributed by atoms with van der Waals surface area (Å²) in [7, 11) is 3.00. The van der Waals surface area contributed by atoms with Crippen LogP contribution in [0.25, 0.3) is 0 Å². The van der Waals surface area contributed by atoms with Crippen LogP contribution in [0.15, 0.2) is 34.9 Å². The topological polar surface area (TPSA) is 83.7 Å². The Morgan fingerprint density at radius 1 is 1.10 bits per heavy atom. The van der Waals surface area contributed by atoms with Crippen molar-refractivity contribution in [3.05, 3.63) is 45.0 Å². The van der Waals surface area contributed by atoms with E-state index in [1.54, 1.807) is 18.2 Å². The summed E-state index contributed by atoms with van der Waals surface area (Å²) in [6, 6.07) is 6.14. The van der Waals surface area contributed by atoms with Crippen molar-refractivity contribution in [2.24, 2.45) is 0 Å². The third-order valence-electron chi connectivity index (χ3n) is 2.54. The minimum Gasteiger partial charge on any atom is -0.496 e. The lowest BCUT2D eigenvalue weighted by Crippen LogP contribution is -1.97. The molecule has 2 rings (SSSR count). The van der Waals surface area contributed by atoms with E-state index in [2.05, 4.69) is 20.9 Å². The molecule has 1 aromatic carbocycles. The molecule has 0 amide bonds. The number of aromatic nitrogens is 1. The van der Waals surface area contributed by atoms with Crippen LogP contribution in [-0.4, -0.2) is 24.1 Å². The van der Waals surface area contributed by atoms with E-state index in [4.69, 9.17) is 14.2 Å². The molecule has 0 aliphatic rings. The monoisotopic (exact) mass is 354 g/mol. The molecule has 0 fully saturated rings. The molecule has 0 aliphatic carbocycles. The quantitative estimate of drug-likeness (QED) is 0.602. The molecule has 110 valence electrons. The van der Waals surface area contributed by atoms with E-state index in [0.717, 1.165) is 0 Å². The van der Waals surface area contributed by atoms with Crippen LogP contribution in [0.1, 0.15) is 0 Å². The number of nitro groups is 1. The molecule has 0 saturated carbocycles. The lowest BCUT2D eigenvalue weighted by molar-refractivity contribution is -0.386. The first-order chi connectivity index (χ1) is 10.0. The van der Waals surface area contributed by atoms with Crippen molar-refractivity contribution in [3.8, 4) is 23.1 Å². The zero-order chi connectivity index (χ0) is 15.4. The summed E-state index contributed by atoms with van der Waals surface area (Å²) in [6.45, 7) is 0. The Balaban J connectivity index is 2.40. The summed E-state index contributed by atoms with van der Waals surface area (Å²) in [4.78, 5) is 14.4. The number of nitrogens with zero attached hydrogens (tertiary/aromatic N) is 2. The van der Waals surface area contributed by atoms with Gasteiger partial charge in [0.05, 0.1) is 19.1 Å². The molecule has 0 spiro atoms. The highest BCUT2D eigenvalue weighted by Crippen LogP contribution is 2.34. The second kappa shape index (κ2) is 6.40. The van der Waals surface area contributed by atoms with Gasteiger partial charge >= 0.3 is 5.69 Å². The maximum Gasteiger partial charge on any atom is 0.332 e. The molecule has 0 unspecified atom stereocenters. The molecule has 0 bridgehead atoms. The van der Waals surface area contributed by atoms with Gasteiger partial charge in [-0.2, -0.15) is 0 Å². The van der Waals surface area contributed by atoms with Gasteiger partial charge in [-0.1, -0.05) is 0 Å². The molecular weight excluding hydrogens is 344 g/mol. The number of ether oxygens (including phenoxy) is 3. The van der Waals surface area contributed by atoms with Crippen LogP contribution in [0.4, 0.5) is 5.69 Å². The number of hydrogen-bond donors (Lipinski definition) is 0. The van der Waals surface area contributed by atoms with Crippen molar-refractivity contribution in [1.82, 2.24) is 4.98 Å². The summed E-state index contributed by atoms with van der Waals surface area (Å²) in [5.41, 5.74) is -0.244. The highest BCUT2D eigenvalue weighted by Gasteiger charge is 2.18. The van der Waals surface area contributed by atoms with Gasteiger partial charge in [-0.3, -0.25) is 10.1 Å². The second-order valence-corrected chi connectivity index (χ2v) is 4.80. The van der Waals surface area contributed by atoms with Gasteiger partial charge in [0.25, 0.3) is 5.88 Å². The van der Waals surface area contributed by atoms with Gasteiger partial charge in [-0.05, 0) is 15.9 Å². The van der Waals surface area contributed by atoms with E-state index in [0.29, 0.717) is 21.7 Å². The first-order valence-electron chi connectivity index (χ1n) is 5.74. The summed E-state index contributed by atoms with van der Waals surface area (Å²) >= 11 is 3.13. The van der Waals surface area contributed by atoms with Gasteiger partial charge in [0.15, 0.2) is 0 Å². The van der Waals surface area contributed by atoms with E-state index >= 15 is 0 Å². The Bertz CT molecular complexity index is 655. The van der Waals surface area contributed by atoms with Gasteiger partial charge in [-0.15, -0.1) is 0 Å². The van der Waals surface area contributed by atoms with E-state index < -0.39 is 4.92 Å². The summed E-state index contributed by atoms with van der Waals surface area (Å²) in [6.07, 6.45) is 1.42. The van der Waals surface area contributed by atoms with Crippen LogP contribution >= 0.6 is 15.9 Å². The lowest BCUT2D eigenvalue weighted by Gasteiger charge is -2.09. The van der Waals surface area contributed by atoms with E-state index in [-0.39, 0.29) is 11.6 Å². The van der Waals surface area contributed by atoms with Crippen molar-refractivity contribution < 1.29 is 19.1 Å². The lowest BCUT2D eigenvalue weighted by atomic mass is 10.3. The van der Waals surface area contributed by atoms with Gasteiger partial charge in [0, 0.05) is 34.9 Å². The molecule has 1 aromatic heterocycles. The molecule has 0 atom stereocenters. The molecule has 1 heterocycles. The third kappa shape index (κ3) is 3.60. The molecule has 0 radical (unpaired) electrons. The van der Waals surface area contributed by atoms with Crippen LogP contribution in [0, 0.1) is 10.1 Å². The number of halogens is 1. The van der Waals surface area contributed by atoms with Crippen LogP contribution in [0.3, 0.4) is 0 Å². The second-order valence-electron chi connectivity index (χ2n) is 3.89. The summed E-state index contributed by atoms with van der Waals surface area (Å²) in [5, 5.41) is 11.0. The maximum absolute atomic E-state index is 11.0. The standard InChI is InChI=1S/C13H11BrN2O5/c1-19-9-4-10(20-2)6-11(5-9)21-13-12(16(17)18)3-8(14)7-15-13/h3-7H,1-2H3. The van der Waals surface area contributed by atoms with Crippen molar-refractivity contribution in [3.63, 3.8) is 0 Å². The zero-order valence-electron chi connectivity index (χ0n) is 11.2. The highest BCUT2D eigenvalue weighted by atomic mass is 79.9. The van der Waals surface area contributed by atoms with Crippen LogP contribution in [0.5, 0.6) is 23.1 Å². The first kappa shape index (κ1) is 15.0. The predicted octanol–water partition coefficient (Wildman–Crippen LogP) is 3.56. The molecular formula is C13H11BrN2O5. The fourth-order valence-corrected chi connectivity index (χ4v) is 1.90. The van der Waals surface area contributed by atoms with Crippen LogP contribution in [0.2, 0.25) is 0 Å². The Morgan fingerprint density at radius 3 is 2.19 bits per heavy atom. The van der Waals surface area contributed by atoms with Crippen LogP contribution < -0.4 is 14.2 Å². The Hall–Kier alpha value is -2.35. The van der Waals surface area contributed by atoms with Crippen molar-refractivity contribution >= 4 is 21.6 Å². The largest absolute Gasteiger partial charge is 0.496 e. The minimum atomic E-state index is -0.565. The fraction of sp³-hybridized carbons (Fsp3) is 0.154. The smallest absolute Gasteiger partial charge is 0.332 e. The number of rotatable bonds is 5. The SMILES string of the molecule is COc1cc(OC)cc(Oc2ncc(Br)cc2[N+](=O)[O-])c1. The molecule has 0 N–H and O–H groups in total. The maximum atomic E-state index is 11.0. The molecule has 2 aromatic rings. The average molecular weight is 355 g/mol.